The average molecular weight is 226 g/mol. The van der Waals surface area contributed by atoms with Crippen LogP contribution in [0.3, 0.4) is 0 Å². The van der Waals surface area contributed by atoms with Crippen molar-refractivity contribution in [1.29, 1.82) is 0 Å². The van der Waals surface area contributed by atoms with Crippen LogP contribution in [0.1, 0.15) is 39.0 Å². The van der Waals surface area contributed by atoms with Crippen molar-refractivity contribution in [1.82, 2.24) is 10.6 Å². The molecule has 0 bridgehead atoms. The molecule has 0 aromatic heterocycles. The molecule has 2 fully saturated rings. The van der Waals surface area contributed by atoms with Crippen LogP contribution >= 0.6 is 0 Å². The van der Waals surface area contributed by atoms with Gasteiger partial charge in [-0.2, -0.15) is 0 Å². The maximum atomic E-state index is 12.0. The predicted molar refractivity (Wildman–Crippen MR) is 62.2 cm³/mol. The highest BCUT2D eigenvalue weighted by Crippen LogP contribution is 2.19. The third-order valence-electron chi connectivity index (χ3n) is 3.63. The van der Waals surface area contributed by atoms with Crippen LogP contribution in [0.15, 0.2) is 0 Å². The van der Waals surface area contributed by atoms with Crippen molar-refractivity contribution in [2.24, 2.45) is 0 Å². The molecular formula is C12H22N2O2. The first kappa shape index (κ1) is 11.9. The van der Waals surface area contributed by atoms with Gasteiger partial charge in [0.05, 0.1) is 11.6 Å². The molecule has 2 heterocycles. The molecule has 2 atom stereocenters. The van der Waals surface area contributed by atoms with Gasteiger partial charge in [-0.15, -0.1) is 0 Å². The lowest BCUT2D eigenvalue weighted by molar-refractivity contribution is -0.128. The van der Waals surface area contributed by atoms with E-state index in [1.807, 2.05) is 6.92 Å². The van der Waals surface area contributed by atoms with Crippen LogP contribution in [0.2, 0.25) is 0 Å². The Morgan fingerprint density at radius 3 is 3.00 bits per heavy atom. The van der Waals surface area contributed by atoms with Crippen LogP contribution in [-0.4, -0.2) is 37.2 Å². The van der Waals surface area contributed by atoms with Crippen LogP contribution in [0.4, 0.5) is 0 Å². The van der Waals surface area contributed by atoms with E-state index in [0.717, 1.165) is 38.8 Å². The van der Waals surface area contributed by atoms with E-state index in [-0.39, 0.29) is 17.6 Å². The predicted octanol–water partition coefficient (Wildman–Crippen LogP) is 0.814. The standard InChI is InChI=1S/C12H22N2O2/c1-12(6-2-3-7-14-12)11(15)13-9-10-5-4-8-16-10/h10,14H,2-9H2,1H3,(H,13,15). The fourth-order valence-corrected chi connectivity index (χ4v) is 2.46. The molecule has 2 aliphatic heterocycles. The van der Waals surface area contributed by atoms with Crippen molar-refractivity contribution in [3.05, 3.63) is 0 Å². The Balaban J connectivity index is 1.77. The van der Waals surface area contributed by atoms with Crippen molar-refractivity contribution in [2.75, 3.05) is 19.7 Å². The molecule has 0 saturated carbocycles. The monoisotopic (exact) mass is 226 g/mol. The summed E-state index contributed by atoms with van der Waals surface area (Å²) in [4.78, 5) is 12.0. The highest BCUT2D eigenvalue weighted by Gasteiger charge is 2.34. The number of hydrogen-bond acceptors (Lipinski definition) is 3. The van der Waals surface area contributed by atoms with Crippen molar-refractivity contribution in [3.8, 4) is 0 Å². The van der Waals surface area contributed by atoms with Crippen LogP contribution in [0.5, 0.6) is 0 Å². The number of ether oxygens (including phenoxy) is 1. The molecule has 4 heteroatoms. The Kier molecular flexibility index (Phi) is 3.82. The first-order valence-corrected chi connectivity index (χ1v) is 6.36. The first-order chi connectivity index (χ1) is 7.71. The number of rotatable bonds is 3. The number of carbonyl (C=O) groups is 1. The zero-order valence-corrected chi connectivity index (χ0v) is 10.1. The summed E-state index contributed by atoms with van der Waals surface area (Å²) >= 11 is 0. The summed E-state index contributed by atoms with van der Waals surface area (Å²) in [6.45, 7) is 4.45. The van der Waals surface area contributed by atoms with Crippen molar-refractivity contribution in [2.45, 2.75) is 50.7 Å². The van der Waals surface area contributed by atoms with Crippen molar-refractivity contribution >= 4 is 5.91 Å². The molecule has 0 aromatic rings. The number of amides is 1. The number of carbonyl (C=O) groups excluding carboxylic acids is 1. The molecule has 0 radical (unpaired) electrons. The van der Waals surface area contributed by atoms with Gasteiger partial charge in [-0.1, -0.05) is 0 Å². The van der Waals surface area contributed by atoms with Gasteiger partial charge in [0.15, 0.2) is 0 Å². The Bertz CT molecular complexity index is 243. The quantitative estimate of drug-likeness (QED) is 0.749. The largest absolute Gasteiger partial charge is 0.376 e. The Morgan fingerprint density at radius 2 is 2.38 bits per heavy atom. The second-order valence-electron chi connectivity index (χ2n) is 5.06. The highest BCUT2D eigenvalue weighted by atomic mass is 16.5. The van der Waals surface area contributed by atoms with E-state index in [2.05, 4.69) is 10.6 Å². The maximum absolute atomic E-state index is 12.0. The topological polar surface area (TPSA) is 50.4 Å². The summed E-state index contributed by atoms with van der Waals surface area (Å²) in [7, 11) is 0. The molecule has 2 unspecified atom stereocenters. The molecule has 2 aliphatic rings. The SMILES string of the molecule is CC1(C(=O)NCC2CCCO2)CCCCN1. The second-order valence-corrected chi connectivity index (χ2v) is 5.06. The van der Waals surface area contributed by atoms with E-state index in [0.29, 0.717) is 6.54 Å². The van der Waals surface area contributed by atoms with Gasteiger partial charge in [0.1, 0.15) is 0 Å². The lowest BCUT2D eigenvalue weighted by atomic mass is 9.90. The van der Waals surface area contributed by atoms with E-state index in [1.165, 1.54) is 6.42 Å². The lowest BCUT2D eigenvalue weighted by Crippen LogP contribution is -2.57. The van der Waals surface area contributed by atoms with Crippen LogP contribution in [0.25, 0.3) is 0 Å². The molecular weight excluding hydrogens is 204 g/mol. The normalized spacial score (nSPS) is 34.9. The summed E-state index contributed by atoms with van der Waals surface area (Å²) < 4.78 is 5.49. The summed E-state index contributed by atoms with van der Waals surface area (Å²) in [6, 6.07) is 0. The summed E-state index contributed by atoms with van der Waals surface area (Å²) in [5, 5.41) is 6.33. The van der Waals surface area contributed by atoms with Crippen LogP contribution in [0, 0.1) is 0 Å². The van der Waals surface area contributed by atoms with E-state index in [9.17, 15) is 4.79 Å². The Morgan fingerprint density at radius 1 is 1.50 bits per heavy atom. The third kappa shape index (κ3) is 2.74. The fourth-order valence-electron chi connectivity index (χ4n) is 2.46. The first-order valence-electron chi connectivity index (χ1n) is 6.36. The van der Waals surface area contributed by atoms with Crippen LogP contribution < -0.4 is 10.6 Å². The van der Waals surface area contributed by atoms with Crippen LogP contribution in [-0.2, 0) is 9.53 Å². The number of piperidine rings is 1. The zero-order chi connectivity index (χ0) is 11.4. The zero-order valence-electron chi connectivity index (χ0n) is 10.1. The van der Waals surface area contributed by atoms with Gasteiger partial charge in [0.2, 0.25) is 5.91 Å². The summed E-state index contributed by atoms with van der Waals surface area (Å²) in [6.07, 6.45) is 5.67. The molecule has 0 aliphatic carbocycles. The minimum Gasteiger partial charge on any atom is -0.376 e. The molecule has 4 nitrogen and oxygen atoms in total. The molecule has 2 saturated heterocycles. The summed E-state index contributed by atoms with van der Waals surface area (Å²) in [5.74, 6) is 0.128. The third-order valence-corrected chi connectivity index (χ3v) is 3.63. The molecule has 0 spiro atoms. The van der Waals surface area contributed by atoms with Crippen molar-refractivity contribution in [3.63, 3.8) is 0 Å². The lowest BCUT2D eigenvalue weighted by Gasteiger charge is -2.33. The van der Waals surface area contributed by atoms with E-state index >= 15 is 0 Å². The van der Waals surface area contributed by atoms with Gasteiger partial charge >= 0.3 is 0 Å². The average Bonchev–Trinajstić information content (AvgIpc) is 2.79. The Hall–Kier alpha value is -0.610. The van der Waals surface area contributed by atoms with Crippen molar-refractivity contribution < 1.29 is 9.53 Å². The maximum Gasteiger partial charge on any atom is 0.240 e. The molecule has 92 valence electrons. The highest BCUT2D eigenvalue weighted by molar-refractivity contribution is 5.85. The van der Waals surface area contributed by atoms with E-state index in [4.69, 9.17) is 4.74 Å². The van der Waals surface area contributed by atoms with Gasteiger partial charge in [-0.05, 0) is 45.6 Å². The van der Waals surface area contributed by atoms with Gasteiger partial charge in [-0.3, -0.25) is 4.79 Å². The van der Waals surface area contributed by atoms with E-state index < -0.39 is 0 Å². The minimum atomic E-state index is -0.364. The number of hydrogen-bond donors (Lipinski definition) is 2. The van der Waals surface area contributed by atoms with Gasteiger partial charge in [-0.25, -0.2) is 0 Å². The fraction of sp³-hybridized carbons (Fsp3) is 0.917. The minimum absolute atomic E-state index is 0.128. The van der Waals surface area contributed by atoms with Gasteiger partial charge in [0, 0.05) is 13.2 Å². The molecule has 1 amide bonds. The summed E-state index contributed by atoms with van der Waals surface area (Å²) in [5.41, 5.74) is -0.364. The number of nitrogens with one attached hydrogen (secondary N) is 2. The molecule has 16 heavy (non-hydrogen) atoms. The molecule has 2 rings (SSSR count). The smallest absolute Gasteiger partial charge is 0.240 e. The van der Waals surface area contributed by atoms with E-state index in [1.54, 1.807) is 0 Å². The van der Waals surface area contributed by atoms with Gasteiger partial charge in [0.25, 0.3) is 0 Å². The molecule has 0 aromatic carbocycles. The van der Waals surface area contributed by atoms with Gasteiger partial charge < -0.3 is 15.4 Å². The Labute approximate surface area is 97.1 Å². The molecule has 2 N–H and O–H groups in total. The second kappa shape index (κ2) is 5.15.